The van der Waals surface area contributed by atoms with E-state index in [1.54, 1.807) is 12.1 Å². The van der Waals surface area contributed by atoms with Crippen molar-refractivity contribution in [2.45, 2.75) is 12.1 Å². The van der Waals surface area contributed by atoms with Crippen molar-refractivity contribution >= 4 is 29.3 Å². The van der Waals surface area contributed by atoms with E-state index in [-0.39, 0.29) is 21.2 Å². The first-order chi connectivity index (χ1) is 13.3. The second kappa shape index (κ2) is 8.05. The summed E-state index contributed by atoms with van der Waals surface area (Å²) in [4.78, 5) is 3.81. The zero-order chi connectivity index (χ0) is 20.3. The molecule has 28 heavy (non-hydrogen) atoms. The molecule has 0 saturated carbocycles. The van der Waals surface area contributed by atoms with Crippen molar-refractivity contribution in [3.8, 4) is 11.8 Å². The smallest absolute Gasteiger partial charge is 0.223 e. The van der Waals surface area contributed by atoms with E-state index < -0.39 is 12.1 Å². The van der Waals surface area contributed by atoms with Gasteiger partial charge in [0.05, 0.1) is 27.2 Å². The highest BCUT2D eigenvalue weighted by atomic mass is 35.5. The minimum atomic E-state index is -4.52. The van der Waals surface area contributed by atoms with Crippen molar-refractivity contribution in [1.82, 2.24) is 14.8 Å². The van der Waals surface area contributed by atoms with Crippen molar-refractivity contribution in [3.05, 3.63) is 81.9 Å². The molecule has 9 heteroatoms. The van der Waals surface area contributed by atoms with Gasteiger partial charge in [0.1, 0.15) is 18.7 Å². The molecule has 0 radical (unpaired) electrons. The summed E-state index contributed by atoms with van der Waals surface area (Å²) >= 11 is 11.6. The largest absolute Gasteiger partial charge is 0.399 e. The van der Waals surface area contributed by atoms with Gasteiger partial charge in [0.25, 0.3) is 0 Å². The van der Waals surface area contributed by atoms with Crippen LogP contribution in [0.3, 0.4) is 0 Å². The normalized spacial score (nSPS) is 12.9. The number of benzene rings is 2. The molecule has 0 bridgehead atoms. The Balaban J connectivity index is 1.95. The highest BCUT2D eigenvalue weighted by Gasteiger charge is 2.39. The summed E-state index contributed by atoms with van der Waals surface area (Å²) in [5.41, 5.74) is 1.15. The fourth-order valence-corrected chi connectivity index (χ4v) is 2.91. The van der Waals surface area contributed by atoms with Gasteiger partial charge in [0.15, 0.2) is 0 Å². The van der Waals surface area contributed by atoms with Crippen LogP contribution >= 0.6 is 23.2 Å². The van der Waals surface area contributed by atoms with Gasteiger partial charge in [-0.2, -0.15) is 23.5 Å². The molecule has 1 unspecified atom stereocenters. The zero-order valence-electron chi connectivity index (χ0n) is 14.0. The Hall–Kier alpha value is -2.82. The Labute approximate surface area is 168 Å². The number of nitrogens with zero attached hydrogens (tertiary/aromatic N) is 4. The van der Waals surface area contributed by atoms with Crippen LogP contribution in [0.2, 0.25) is 10.0 Å². The van der Waals surface area contributed by atoms with E-state index in [1.807, 2.05) is 6.07 Å². The Morgan fingerprint density at radius 2 is 1.89 bits per heavy atom. The molecule has 4 nitrogen and oxygen atoms in total. The summed E-state index contributed by atoms with van der Waals surface area (Å²) < 4.78 is 42.0. The molecule has 1 heterocycles. The summed E-state index contributed by atoms with van der Waals surface area (Å²) in [6.45, 7) is 0. The fourth-order valence-electron chi connectivity index (χ4n) is 2.60. The molecule has 2 aromatic carbocycles. The standard InChI is InChI=1S/C19H11Cl2F3N4/c20-16-5-3-13(8-17(16)21)15(19(22,23)24)4-1-12-2-6-18(14(7-12)9-25)28-11-26-10-27-28/h1-8,10-11,15H/b4-1+. The third-order valence-corrected chi connectivity index (χ3v) is 4.68. The van der Waals surface area contributed by atoms with Crippen molar-refractivity contribution in [1.29, 1.82) is 5.26 Å². The van der Waals surface area contributed by atoms with Gasteiger partial charge in [-0.05, 0) is 35.4 Å². The quantitative estimate of drug-likeness (QED) is 0.533. The number of alkyl halides is 3. The molecule has 1 aromatic heterocycles. The maximum absolute atomic E-state index is 13.5. The predicted molar refractivity (Wildman–Crippen MR) is 100 cm³/mol. The Morgan fingerprint density at radius 1 is 1.11 bits per heavy atom. The van der Waals surface area contributed by atoms with E-state index in [0.29, 0.717) is 11.3 Å². The monoisotopic (exact) mass is 422 g/mol. The maximum Gasteiger partial charge on any atom is 0.399 e. The summed E-state index contributed by atoms with van der Waals surface area (Å²) in [5.74, 6) is -1.87. The Morgan fingerprint density at radius 3 is 2.50 bits per heavy atom. The van der Waals surface area contributed by atoms with Crippen LogP contribution in [-0.2, 0) is 0 Å². The molecule has 3 rings (SSSR count). The molecule has 0 spiro atoms. The Kier molecular flexibility index (Phi) is 5.73. The number of halogens is 5. The first-order valence-electron chi connectivity index (χ1n) is 7.88. The lowest BCUT2D eigenvalue weighted by Gasteiger charge is -2.18. The molecule has 3 aromatic rings. The van der Waals surface area contributed by atoms with Crippen LogP contribution in [-0.4, -0.2) is 20.9 Å². The number of hydrogen-bond acceptors (Lipinski definition) is 3. The summed E-state index contributed by atoms with van der Waals surface area (Å²) in [6.07, 6.45) is 0.556. The topological polar surface area (TPSA) is 54.5 Å². The molecule has 0 aliphatic carbocycles. The van der Waals surface area contributed by atoms with Crippen molar-refractivity contribution < 1.29 is 13.2 Å². The molecular weight excluding hydrogens is 412 g/mol. The van der Waals surface area contributed by atoms with Gasteiger partial charge in [-0.3, -0.25) is 0 Å². The van der Waals surface area contributed by atoms with Gasteiger partial charge < -0.3 is 0 Å². The van der Waals surface area contributed by atoms with Gasteiger partial charge in [-0.25, -0.2) is 9.67 Å². The third kappa shape index (κ3) is 4.35. The number of aromatic nitrogens is 3. The van der Waals surface area contributed by atoms with Crippen LogP contribution in [0.1, 0.15) is 22.6 Å². The van der Waals surface area contributed by atoms with Crippen molar-refractivity contribution in [3.63, 3.8) is 0 Å². The lowest BCUT2D eigenvalue weighted by Crippen LogP contribution is -2.18. The molecule has 0 aliphatic rings. The predicted octanol–water partition coefficient (Wildman–Crippen LogP) is 5.81. The minimum absolute atomic E-state index is 0.0297. The van der Waals surface area contributed by atoms with Gasteiger partial charge in [0, 0.05) is 0 Å². The number of nitriles is 1. The van der Waals surface area contributed by atoms with E-state index in [9.17, 15) is 18.4 Å². The summed E-state index contributed by atoms with van der Waals surface area (Å²) in [7, 11) is 0. The SMILES string of the molecule is N#Cc1cc(/C=C/C(c2ccc(Cl)c(Cl)c2)C(F)(F)F)ccc1-n1cncn1. The highest BCUT2D eigenvalue weighted by molar-refractivity contribution is 6.42. The van der Waals surface area contributed by atoms with Gasteiger partial charge >= 0.3 is 6.18 Å². The van der Waals surface area contributed by atoms with Gasteiger partial charge in [-0.15, -0.1) is 0 Å². The van der Waals surface area contributed by atoms with Gasteiger partial charge in [0.2, 0.25) is 0 Å². The lowest BCUT2D eigenvalue weighted by atomic mass is 9.97. The maximum atomic E-state index is 13.5. The molecule has 0 fully saturated rings. The van der Waals surface area contributed by atoms with E-state index in [2.05, 4.69) is 10.1 Å². The molecule has 1 atom stereocenters. The fraction of sp³-hybridized carbons (Fsp3) is 0.105. The first-order valence-corrected chi connectivity index (χ1v) is 8.64. The second-order valence-electron chi connectivity index (χ2n) is 5.78. The van der Waals surface area contributed by atoms with Crippen LogP contribution in [0.5, 0.6) is 0 Å². The van der Waals surface area contributed by atoms with E-state index in [1.165, 1.54) is 47.7 Å². The van der Waals surface area contributed by atoms with E-state index in [4.69, 9.17) is 23.2 Å². The van der Waals surface area contributed by atoms with Crippen molar-refractivity contribution in [2.75, 3.05) is 0 Å². The molecular formula is C19H11Cl2F3N4. The zero-order valence-corrected chi connectivity index (χ0v) is 15.5. The molecule has 0 aliphatic heterocycles. The summed E-state index contributed by atoms with van der Waals surface area (Å²) in [6, 6.07) is 10.5. The molecule has 0 saturated heterocycles. The Bertz CT molecular complexity index is 1050. The van der Waals surface area contributed by atoms with Crippen LogP contribution in [0.25, 0.3) is 11.8 Å². The van der Waals surface area contributed by atoms with E-state index >= 15 is 0 Å². The van der Waals surface area contributed by atoms with Crippen molar-refractivity contribution in [2.24, 2.45) is 0 Å². The molecule has 0 amide bonds. The molecule has 142 valence electrons. The molecule has 0 N–H and O–H groups in total. The van der Waals surface area contributed by atoms with Crippen LogP contribution < -0.4 is 0 Å². The third-order valence-electron chi connectivity index (χ3n) is 3.94. The average Bonchev–Trinajstić information content (AvgIpc) is 3.18. The second-order valence-corrected chi connectivity index (χ2v) is 6.59. The van der Waals surface area contributed by atoms with E-state index in [0.717, 1.165) is 6.08 Å². The lowest BCUT2D eigenvalue weighted by molar-refractivity contribution is -0.139. The number of hydrogen-bond donors (Lipinski definition) is 0. The number of rotatable bonds is 4. The average molecular weight is 423 g/mol. The van der Waals surface area contributed by atoms with Crippen LogP contribution in [0.4, 0.5) is 13.2 Å². The van der Waals surface area contributed by atoms with Crippen LogP contribution in [0.15, 0.2) is 55.1 Å². The highest BCUT2D eigenvalue weighted by Crippen LogP contribution is 2.38. The van der Waals surface area contributed by atoms with Gasteiger partial charge in [-0.1, -0.05) is 47.5 Å². The summed E-state index contributed by atoms with van der Waals surface area (Å²) in [5, 5.41) is 13.5. The number of allylic oxidation sites excluding steroid dienone is 1. The minimum Gasteiger partial charge on any atom is -0.223 e. The van der Waals surface area contributed by atoms with Crippen LogP contribution in [0, 0.1) is 11.3 Å². The first kappa shape index (κ1) is 19.9.